The molecule has 2 rings (SSSR count). The van der Waals surface area contributed by atoms with Gasteiger partial charge in [0, 0.05) is 24.5 Å². The highest BCUT2D eigenvalue weighted by molar-refractivity contribution is 5.82. The Hall–Kier alpha value is -0.570. The molecule has 18 heavy (non-hydrogen) atoms. The van der Waals surface area contributed by atoms with Crippen molar-refractivity contribution in [2.24, 2.45) is 5.41 Å². The Morgan fingerprint density at radius 3 is 2.39 bits per heavy atom. The standard InChI is InChI=1S/C15H28N2O/c1-3-16-13-7-11-17(12-8-13)14(18)15(2)9-5-4-6-10-15/h13,16H,3-12H2,1-2H3. The number of rotatable bonds is 3. The topological polar surface area (TPSA) is 32.3 Å². The maximum absolute atomic E-state index is 12.6. The average Bonchev–Trinajstić information content (AvgIpc) is 2.40. The van der Waals surface area contributed by atoms with Gasteiger partial charge in [-0.1, -0.05) is 33.1 Å². The van der Waals surface area contributed by atoms with Crippen LogP contribution in [0.5, 0.6) is 0 Å². The monoisotopic (exact) mass is 252 g/mol. The van der Waals surface area contributed by atoms with E-state index in [0.29, 0.717) is 11.9 Å². The lowest BCUT2D eigenvalue weighted by Gasteiger charge is -2.40. The van der Waals surface area contributed by atoms with E-state index in [-0.39, 0.29) is 5.41 Å². The molecule has 0 aromatic carbocycles. The third kappa shape index (κ3) is 3.05. The molecule has 0 spiro atoms. The van der Waals surface area contributed by atoms with Crippen LogP contribution in [0.1, 0.15) is 58.8 Å². The summed E-state index contributed by atoms with van der Waals surface area (Å²) in [6.07, 6.45) is 8.21. The molecule has 2 aliphatic rings. The molecular formula is C15H28N2O. The summed E-state index contributed by atoms with van der Waals surface area (Å²) in [5.41, 5.74) is -0.0523. The van der Waals surface area contributed by atoms with Gasteiger partial charge in [-0.2, -0.15) is 0 Å². The lowest BCUT2D eigenvalue weighted by molar-refractivity contribution is -0.144. The molecule has 1 N–H and O–H groups in total. The minimum absolute atomic E-state index is 0.0523. The molecule has 2 fully saturated rings. The Morgan fingerprint density at radius 1 is 1.22 bits per heavy atom. The summed E-state index contributed by atoms with van der Waals surface area (Å²) in [5.74, 6) is 0.428. The molecule has 3 heteroatoms. The Bertz CT molecular complexity index is 276. The summed E-state index contributed by atoms with van der Waals surface area (Å²) in [5, 5.41) is 3.50. The molecule has 3 nitrogen and oxygen atoms in total. The van der Waals surface area contributed by atoms with Gasteiger partial charge in [0.25, 0.3) is 0 Å². The van der Waals surface area contributed by atoms with Crippen LogP contribution in [-0.4, -0.2) is 36.5 Å². The van der Waals surface area contributed by atoms with Gasteiger partial charge in [-0.25, -0.2) is 0 Å². The van der Waals surface area contributed by atoms with Crippen molar-refractivity contribution < 1.29 is 4.79 Å². The van der Waals surface area contributed by atoms with E-state index in [4.69, 9.17) is 0 Å². The van der Waals surface area contributed by atoms with Gasteiger partial charge in [-0.3, -0.25) is 4.79 Å². The minimum Gasteiger partial charge on any atom is -0.342 e. The van der Waals surface area contributed by atoms with Crippen molar-refractivity contribution in [2.45, 2.75) is 64.8 Å². The Kier molecular flexibility index (Phi) is 4.66. The predicted octanol–water partition coefficient (Wildman–Crippen LogP) is 2.56. The van der Waals surface area contributed by atoms with E-state index in [1.54, 1.807) is 0 Å². The van der Waals surface area contributed by atoms with Gasteiger partial charge in [0.1, 0.15) is 0 Å². The van der Waals surface area contributed by atoms with E-state index in [1.807, 2.05) is 0 Å². The quantitative estimate of drug-likeness (QED) is 0.837. The van der Waals surface area contributed by atoms with Crippen molar-refractivity contribution in [1.82, 2.24) is 10.2 Å². The van der Waals surface area contributed by atoms with Gasteiger partial charge in [0.05, 0.1) is 0 Å². The summed E-state index contributed by atoms with van der Waals surface area (Å²) in [7, 11) is 0. The maximum atomic E-state index is 12.6. The van der Waals surface area contributed by atoms with Crippen molar-refractivity contribution in [3.63, 3.8) is 0 Å². The fourth-order valence-corrected chi connectivity index (χ4v) is 3.50. The van der Waals surface area contributed by atoms with Crippen LogP contribution in [0.4, 0.5) is 0 Å². The molecule has 0 aromatic rings. The summed E-state index contributed by atoms with van der Waals surface area (Å²) in [4.78, 5) is 14.8. The first-order chi connectivity index (χ1) is 8.65. The van der Waals surface area contributed by atoms with Crippen molar-refractivity contribution in [1.29, 1.82) is 0 Å². The number of nitrogens with one attached hydrogen (secondary N) is 1. The van der Waals surface area contributed by atoms with Gasteiger partial charge in [-0.15, -0.1) is 0 Å². The predicted molar refractivity (Wildman–Crippen MR) is 74.5 cm³/mol. The zero-order chi connectivity index (χ0) is 13.0. The van der Waals surface area contributed by atoms with E-state index in [9.17, 15) is 4.79 Å². The number of nitrogens with zero attached hydrogens (tertiary/aromatic N) is 1. The average molecular weight is 252 g/mol. The van der Waals surface area contributed by atoms with Crippen LogP contribution < -0.4 is 5.32 Å². The third-order valence-corrected chi connectivity index (χ3v) is 4.75. The molecule has 1 aliphatic heterocycles. The fourth-order valence-electron chi connectivity index (χ4n) is 3.50. The van der Waals surface area contributed by atoms with Gasteiger partial charge < -0.3 is 10.2 Å². The first-order valence-electron chi connectivity index (χ1n) is 7.68. The third-order valence-electron chi connectivity index (χ3n) is 4.75. The second-order valence-corrected chi connectivity index (χ2v) is 6.25. The Balaban J connectivity index is 1.86. The van der Waals surface area contributed by atoms with Crippen LogP contribution in [0, 0.1) is 5.41 Å². The molecule has 1 heterocycles. The molecule has 1 saturated carbocycles. The zero-order valence-corrected chi connectivity index (χ0v) is 12.0. The second kappa shape index (κ2) is 6.05. The molecule has 0 atom stereocenters. The largest absolute Gasteiger partial charge is 0.342 e. The highest BCUT2D eigenvalue weighted by Crippen LogP contribution is 2.37. The van der Waals surface area contributed by atoms with E-state index < -0.39 is 0 Å². The fraction of sp³-hybridized carbons (Fsp3) is 0.933. The number of amides is 1. The number of carbonyl (C=O) groups is 1. The van der Waals surface area contributed by atoms with Gasteiger partial charge in [0.15, 0.2) is 0 Å². The van der Waals surface area contributed by atoms with Gasteiger partial charge >= 0.3 is 0 Å². The lowest BCUT2D eigenvalue weighted by atomic mass is 9.74. The zero-order valence-electron chi connectivity index (χ0n) is 12.0. The number of hydrogen-bond donors (Lipinski definition) is 1. The molecule has 0 unspecified atom stereocenters. The van der Waals surface area contributed by atoms with Crippen molar-refractivity contribution in [3.05, 3.63) is 0 Å². The van der Waals surface area contributed by atoms with E-state index in [1.165, 1.54) is 19.3 Å². The van der Waals surface area contributed by atoms with Crippen LogP contribution in [0.3, 0.4) is 0 Å². The SMILES string of the molecule is CCNC1CCN(C(=O)C2(C)CCCCC2)CC1. The highest BCUT2D eigenvalue weighted by atomic mass is 16.2. The van der Waals surface area contributed by atoms with Crippen molar-refractivity contribution >= 4 is 5.91 Å². The van der Waals surface area contributed by atoms with E-state index >= 15 is 0 Å². The molecule has 104 valence electrons. The minimum atomic E-state index is -0.0523. The van der Waals surface area contributed by atoms with Crippen molar-refractivity contribution in [3.8, 4) is 0 Å². The Labute approximate surface area is 111 Å². The lowest BCUT2D eigenvalue weighted by Crippen LogP contribution is -2.50. The van der Waals surface area contributed by atoms with Crippen LogP contribution in [0.25, 0.3) is 0 Å². The molecule has 0 bridgehead atoms. The maximum Gasteiger partial charge on any atom is 0.228 e. The Morgan fingerprint density at radius 2 is 1.83 bits per heavy atom. The first-order valence-corrected chi connectivity index (χ1v) is 7.68. The van der Waals surface area contributed by atoms with Crippen LogP contribution in [0.2, 0.25) is 0 Å². The van der Waals surface area contributed by atoms with Crippen LogP contribution in [-0.2, 0) is 4.79 Å². The first kappa shape index (κ1) is 13.9. The molecule has 1 amide bonds. The summed E-state index contributed by atoms with van der Waals surface area (Å²) in [6.45, 7) is 7.28. The number of likely N-dealkylation sites (tertiary alicyclic amines) is 1. The molecule has 0 radical (unpaired) electrons. The molecule has 1 aliphatic carbocycles. The van der Waals surface area contributed by atoms with Crippen molar-refractivity contribution in [2.75, 3.05) is 19.6 Å². The summed E-state index contributed by atoms with van der Waals surface area (Å²) < 4.78 is 0. The smallest absolute Gasteiger partial charge is 0.228 e. The van der Waals surface area contributed by atoms with Crippen LogP contribution >= 0.6 is 0 Å². The highest BCUT2D eigenvalue weighted by Gasteiger charge is 2.38. The summed E-state index contributed by atoms with van der Waals surface area (Å²) >= 11 is 0. The number of piperidine rings is 1. The normalized spacial score (nSPS) is 25.1. The summed E-state index contributed by atoms with van der Waals surface area (Å²) in [6, 6.07) is 0.623. The van der Waals surface area contributed by atoms with Gasteiger partial charge in [0.2, 0.25) is 5.91 Å². The molecule has 0 aromatic heterocycles. The number of carbonyl (C=O) groups excluding carboxylic acids is 1. The van der Waals surface area contributed by atoms with Crippen LogP contribution in [0.15, 0.2) is 0 Å². The van der Waals surface area contributed by atoms with E-state index in [2.05, 4.69) is 24.1 Å². The second-order valence-electron chi connectivity index (χ2n) is 6.25. The molecular weight excluding hydrogens is 224 g/mol. The number of hydrogen-bond acceptors (Lipinski definition) is 2. The van der Waals surface area contributed by atoms with Gasteiger partial charge in [-0.05, 0) is 32.2 Å². The molecule has 1 saturated heterocycles. The van der Waals surface area contributed by atoms with E-state index in [0.717, 1.165) is 45.3 Å².